The Bertz CT molecular complexity index is 1050. The molecular weight excluding hydrogens is 504 g/mol. The number of cyclic esters (lactones) is 1. The Morgan fingerprint density at radius 2 is 1.85 bits per heavy atom. The Kier molecular flexibility index (Phi) is 9.18. The third-order valence-electron chi connectivity index (χ3n) is 10.9. The predicted molar refractivity (Wildman–Crippen MR) is 155 cm³/mol. The zero-order chi connectivity index (χ0) is 29.3. The first kappa shape index (κ1) is 31.1. The number of aliphatic hydroxyl groups excluding tert-OH is 1. The number of aliphatic hydroxyl groups is 2. The van der Waals surface area contributed by atoms with E-state index >= 15 is 0 Å². The number of carbonyl (C=O) groups is 2. The fourth-order valence-electron chi connectivity index (χ4n) is 8.75. The van der Waals surface area contributed by atoms with E-state index in [1.807, 2.05) is 6.92 Å². The Hall–Kier alpha value is -1.84. The molecule has 4 aliphatic rings. The Balaban J connectivity index is 1.80. The van der Waals surface area contributed by atoms with E-state index in [0.29, 0.717) is 50.4 Å². The maximum absolute atomic E-state index is 13.3. The van der Waals surface area contributed by atoms with E-state index in [9.17, 15) is 19.8 Å². The van der Waals surface area contributed by atoms with Gasteiger partial charge in [0.25, 0.3) is 0 Å². The van der Waals surface area contributed by atoms with Crippen molar-refractivity contribution < 1.29 is 29.3 Å². The smallest absolute Gasteiger partial charge is 0.331 e. The predicted octanol–water partition coefficient (Wildman–Crippen LogP) is 6.13. The number of carbonyl (C=O) groups excluding carboxylic acids is 2. The largest absolute Gasteiger partial charge is 0.462 e. The van der Waals surface area contributed by atoms with Crippen molar-refractivity contribution in [3.05, 3.63) is 11.6 Å². The summed E-state index contributed by atoms with van der Waals surface area (Å²) in [6.45, 7) is 13.5. The number of ether oxygens (including phenoxy) is 2. The molecule has 7 atom stereocenters. The van der Waals surface area contributed by atoms with Crippen LogP contribution in [0.15, 0.2) is 11.6 Å². The van der Waals surface area contributed by atoms with Crippen molar-refractivity contribution in [2.45, 2.75) is 136 Å². The normalized spacial score (nSPS) is 37.6. The van der Waals surface area contributed by atoms with E-state index in [1.165, 1.54) is 12.5 Å². The van der Waals surface area contributed by atoms with Gasteiger partial charge in [0, 0.05) is 30.3 Å². The molecule has 2 fully saturated rings. The number of rotatable bonds is 10. The maximum atomic E-state index is 13.3. The molecule has 6 heteroatoms. The van der Waals surface area contributed by atoms with Crippen LogP contribution in [0, 0.1) is 45.8 Å². The molecule has 2 aliphatic carbocycles. The molecule has 2 aliphatic heterocycles. The SMILES string of the molecule is CC(C)CCC(C)CCCC12C(O)CCC(C)(C)C1C1CC(C)(C#CCCC(=O)O1)C2(O)CCC1=CC(=O)OC1. The summed E-state index contributed by atoms with van der Waals surface area (Å²) in [6.07, 6.45) is 8.56. The molecule has 6 nitrogen and oxygen atoms in total. The summed E-state index contributed by atoms with van der Waals surface area (Å²) in [5.41, 5.74) is -2.54. The van der Waals surface area contributed by atoms with Gasteiger partial charge in [0.2, 0.25) is 0 Å². The third-order valence-corrected chi connectivity index (χ3v) is 10.9. The zero-order valence-electron chi connectivity index (χ0n) is 25.7. The molecule has 2 heterocycles. The molecule has 2 saturated carbocycles. The van der Waals surface area contributed by atoms with Crippen LogP contribution in [0.3, 0.4) is 0 Å². The number of fused-ring (bicyclic) bond motifs is 4. The van der Waals surface area contributed by atoms with Crippen LogP contribution in [-0.4, -0.2) is 46.6 Å². The van der Waals surface area contributed by atoms with E-state index in [2.05, 4.69) is 46.5 Å². The highest BCUT2D eigenvalue weighted by Gasteiger charge is 2.74. The first-order valence-corrected chi connectivity index (χ1v) is 15.7. The minimum absolute atomic E-state index is 0.216. The first-order valence-electron chi connectivity index (χ1n) is 15.7. The first-order chi connectivity index (χ1) is 18.7. The Labute approximate surface area is 241 Å². The minimum Gasteiger partial charge on any atom is -0.462 e. The summed E-state index contributed by atoms with van der Waals surface area (Å²) in [4.78, 5) is 24.7. The van der Waals surface area contributed by atoms with E-state index in [4.69, 9.17) is 9.47 Å². The number of esters is 2. The highest BCUT2D eigenvalue weighted by Crippen LogP contribution is 2.69. The van der Waals surface area contributed by atoms with Crippen LogP contribution in [0.2, 0.25) is 0 Å². The molecule has 0 amide bonds. The van der Waals surface area contributed by atoms with Crippen LogP contribution < -0.4 is 0 Å². The molecule has 0 aromatic carbocycles. The van der Waals surface area contributed by atoms with E-state index in [-0.39, 0.29) is 36.3 Å². The average molecular weight is 557 g/mol. The van der Waals surface area contributed by atoms with Gasteiger partial charge < -0.3 is 19.7 Å². The summed E-state index contributed by atoms with van der Waals surface area (Å²) >= 11 is 0. The van der Waals surface area contributed by atoms with Crippen LogP contribution >= 0.6 is 0 Å². The molecule has 0 aromatic heterocycles. The van der Waals surface area contributed by atoms with Gasteiger partial charge in [-0.1, -0.05) is 66.2 Å². The lowest BCUT2D eigenvalue weighted by molar-refractivity contribution is -0.305. The van der Waals surface area contributed by atoms with Gasteiger partial charge >= 0.3 is 11.9 Å². The second kappa shape index (κ2) is 11.8. The summed E-state index contributed by atoms with van der Waals surface area (Å²) in [7, 11) is 0. The molecule has 0 radical (unpaired) electrons. The summed E-state index contributed by atoms with van der Waals surface area (Å²) in [5.74, 6) is 7.07. The second-order valence-electron chi connectivity index (χ2n) is 14.7. The van der Waals surface area contributed by atoms with Crippen molar-refractivity contribution in [2.24, 2.45) is 34.0 Å². The van der Waals surface area contributed by atoms with Gasteiger partial charge in [-0.15, -0.1) is 5.92 Å². The minimum atomic E-state index is -1.35. The van der Waals surface area contributed by atoms with Crippen LogP contribution in [0.4, 0.5) is 0 Å². The number of hydrogen-bond acceptors (Lipinski definition) is 6. The summed E-state index contributed by atoms with van der Waals surface area (Å²) in [6, 6.07) is 0. The third kappa shape index (κ3) is 5.75. The van der Waals surface area contributed by atoms with Crippen molar-refractivity contribution in [2.75, 3.05) is 6.61 Å². The van der Waals surface area contributed by atoms with Crippen molar-refractivity contribution in [1.29, 1.82) is 0 Å². The van der Waals surface area contributed by atoms with Crippen molar-refractivity contribution in [3.8, 4) is 11.8 Å². The van der Waals surface area contributed by atoms with Crippen LogP contribution in [0.25, 0.3) is 0 Å². The lowest BCUT2D eigenvalue weighted by Crippen LogP contribution is -2.75. The fourth-order valence-corrected chi connectivity index (χ4v) is 8.75. The van der Waals surface area contributed by atoms with Gasteiger partial charge in [0.15, 0.2) is 0 Å². The van der Waals surface area contributed by atoms with Gasteiger partial charge in [0.05, 0.1) is 23.5 Å². The standard InChI is InChI=1S/C34H52O6/c1-23(2)12-13-24(3)10-9-17-33-27(35)15-18-31(4,5)30(33)26-21-32(6,16-8-7-11-28(36)40-26)34(33,38)19-14-25-20-29(37)39-22-25/h20,23-24,26-27,30,35,38H,7,9-15,17-19,21-22H2,1-6H3. The molecule has 7 unspecified atom stereocenters. The highest BCUT2D eigenvalue weighted by molar-refractivity contribution is 5.85. The second-order valence-corrected chi connectivity index (χ2v) is 14.7. The molecular formula is C34H52O6. The monoisotopic (exact) mass is 556 g/mol. The molecule has 2 N–H and O–H groups in total. The van der Waals surface area contributed by atoms with Gasteiger partial charge in [-0.3, -0.25) is 4.79 Å². The number of hydrogen-bond donors (Lipinski definition) is 2. The molecule has 0 saturated heterocycles. The van der Waals surface area contributed by atoms with Gasteiger partial charge in [-0.2, -0.15) is 0 Å². The van der Waals surface area contributed by atoms with E-state index < -0.39 is 28.6 Å². The summed E-state index contributed by atoms with van der Waals surface area (Å²) < 4.78 is 11.4. The lowest BCUT2D eigenvalue weighted by Gasteiger charge is -2.69. The Morgan fingerprint density at radius 1 is 1.10 bits per heavy atom. The van der Waals surface area contributed by atoms with Gasteiger partial charge in [0.1, 0.15) is 12.7 Å². The maximum Gasteiger partial charge on any atom is 0.331 e. The molecule has 40 heavy (non-hydrogen) atoms. The topological polar surface area (TPSA) is 93.1 Å². The summed E-state index contributed by atoms with van der Waals surface area (Å²) in [5, 5.41) is 25.4. The van der Waals surface area contributed by atoms with E-state index in [1.54, 1.807) is 0 Å². The average Bonchev–Trinajstić information content (AvgIpc) is 3.31. The van der Waals surface area contributed by atoms with Gasteiger partial charge in [-0.25, -0.2) is 4.79 Å². The van der Waals surface area contributed by atoms with Crippen LogP contribution in [0.1, 0.15) is 119 Å². The lowest BCUT2D eigenvalue weighted by atomic mass is 9.37. The fraction of sp³-hybridized carbons (Fsp3) is 0.824. The highest BCUT2D eigenvalue weighted by atomic mass is 16.5. The van der Waals surface area contributed by atoms with Crippen molar-refractivity contribution in [3.63, 3.8) is 0 Å². The molecule has 0 aromatic rings. The van der Waals surface area contributed by atoms with Crippen molar-refractivity contribution >= 4 is 11.9 Å². The van der Waals surface area contributed by atoms with Gasteiger partial charge in [-0.05, 0) is 61.9 Å². The Morgan fingerprint density at radius 3 is 2.52 bits per heavy atom. The molecule has 4 rings (SSSR count). The van der Waals surface area contributed by atoms with Crippen LogP contribution in [0.5, 0.6) is 0 Å². The van der Waals surface area contributed by atoms with E-state index in [0.717, 1.165) is 31.3 Å². The van der Waals surface area contributed by atoms with Crippen LogP contribution in [-0.2, 0) is 19.1 Å². The quantitative estimate of drug-likeness (QED) is 0.249. The molecule has 2 bridgehead atoms. The molecule has 224 valence electrons. The molecule has 0 spiro atoms. The zero-order valence-corrected chi connectivity index (χ0v) is 25.7. The van der Waals surface area contributed by atoms with Crippen molar-refractivity contribution in [1.82, 2.24) is 0 Å².